The van der Waals surface area contributed by atoms with Gasteiger partial charge in [-0.1, -0.05) is 18.5 Å². The first-order chi connectivity index (χ1) is 14.4. The summed E-state index contributed by atoms with van der Waals surface area (Å²) < 4.78 is 31.7. The van der Waals surface area contributed by atoms with Crippen LogP contribution < -0.4 is 15.0 Å². The number of oxazole rings is 1. The van der Waals surface area contributed by atoms with Crippen LogP contribution in [0.3, 0.4) is 0 Å². The Hall–Kier alpha value is -3.53. The molecule has 3 heterocycles. The summed E-state index contributed by atoms with van der Waals surface area (Å²) in [4.78, 5) is 24.2. The average molecular weight is 432 g/mol. The third kappa shape index (κ3) is 3.94. The van der Waals surface area contributed by atoms with Crippen molar-refractivity contribution >= 4 is 22.8 Å². The minimum absolute atomic E-state index is 0.0579. The van der Waals surface area contributed by atoms with E-state index in [1.54, 1.807) is 0 Å². The summed E-state index contributed by atoms with van der Waals surface area (Å²) in [5.41, 5.74) is 0.265. The minimum Gasteiger partial charge on any atom is -0.476 e. The van der Waals surface area contributed by atoms with Crippen LogP contribution in [0.15, 0.2) is 39.5 Å². The molecule has 0 atom stereocenters. The molecule has 0 aliphatic rings. The molecule has 11 heteroatoms. The maximum Gasteiger partial charge on any atom is 0.330 e. The highest BCUT2D eigenvalue weighted by Crippen LogP contribution is 2.33. The summed E-state index contributed by atoms with van der Waals surface area (Å²) >= 11 is 6.15. The molecule has 4 rings (SSSR count). The summed E-state index contributed by atoms with van der Waals surface area (Å²) in [6.45, 7) is 2.30. The van der Waals surface area contributed by atoms with Crippen LogP contribution in [0.2, 0.25) is 5.02 Å². The predicted octanol–water partition coefficient (Wildman–Crippen LogP) is 3.75. The highest BCUT2D eigenvalue weighted by Gasteiger charge is 2.20. The molecule has 0 radical (unpaired) electrons. The second kappa shape index (κ2) is 8.07. The molecule has 0 aliphatic heterocycles. The molecule has 9 nitrogen and oxygen atoms in total. The fourth-order valence-electron chi connectivity index (χ4n) is 2.53. The van der Waals surface area contributed by atoms with Gasteiger partial charge in [0.2, 0.25) is 11.8 Å². The standard InChI is InChI=1S/C19H15ClFN5O4/c1-3-8-28-17-15-18(30-16(22-15)11-9-10(21)4-5-12(11)20)24-19(23-17)29-13-6-7-14(27)26(2)25-13/h4-7,9H,3,8H2,1-2H3. The van der Waals surface area contributed by atoms with Crippen molar-refractivity contribution in [2.24, 2.45) is 7.05 Å². The number of hydrogen-bond acceptors (Lipinski definition) is 8. The molecule has 0 spiro atoms. The van der Waals surface area contributed by atoms with Crippen LogP contribution in [-0.4, -0.2) is 31.3 Å². The Morgan fingerprint density at radius 2 is 2.03 bits per heavy atom. The molecule has 154 valence electrons. The van der Waals surface area contributed by atoms with Gasteiger partial charge < -0.3 is 13.9 Å². The molecule has 0 saturated heterocycles. The number of fused-ring (bicyclic) bond motifs is 1. The number of rotatable bonds is 6. The fourth-order valence-corrected chi connectivity index (χ4v) is 2.73. The molecule has 30 heavy (non-hydrogen) atoms. The number of ether oxygens (including phenoxy) is 2. The van der Waals surface area contributed by atoms with Gasteiger partial charge in [-0.25, -0.2) is 14.1 Å². The lowest BCUT2D eigenvalue weighted by molar-refractivity contribution is 0.301. The van der Waals surface area contributed by atoms with Crippen molar-refractivity contribution in [3.05, 3.63) is 51.5 Å². The number of aryl methyl sites for hydroxylation is 1. The first-order valence-corrected chi connectivity index (χ1v) is 9.31. The van der Waals surface area contributed by atoms with Crippen LogP contribution in [0, 0.1) is 5.82 Å². The quantitative estimate of drug-likeness (QED) is 0.454. The zero-order valence-corrected chi connectivity index (χ0v) is 16.7. The van der Waals surface area contributed by atoms with E-state index in [1.807, 2.05) is 6.92 Å². The van der Waals surface area contributed by atoms with Gasteiger partial charge in [0.15, 0.2) is 5.52 Å². The van der Waals surface area contributed by atoms with Gasteiger partial charge >= 0.3 is 6.01 Å². The summed E-state index contributed by atoms with van der Waals surface area (Å²) in [6, 6.07) is 6.41. The Morgan fingerprint density at radius 1 is 1.20 bits per heavy atom. The molecule has 0 fully saturated rings. The van der Waals surface area contributed by atoms with Gasteiger partial charge in [-0.15, -0.1) is 5.10 Å². The highest BCUT2D eigenvalue weighted by atomic mass is 35.5. The number of halogens is 2. The zero-order valence-electron chi connectivity index (χ0n) is 15.9. The first kappa shape index (κ1) is 19.8. The van der Waals surface area contributed by atoms with Crippen LogP contribution in [0.4, 0.5) is 4.39 Å². The Morgan fingerprint density at radius 3 is 2.80 bits per heavy atom. The Kier molecular flexibility index (Phi) is 5.32. The molecule has 0 bridgehead atoms. The molecular weight excluding hydrogens is 417 g/mol. The van der Waals surface area contributed by atoms with Crippen LogP contribution in [0.5, 0.6) is 17.8 Å². The molecule has 3 aromatic heterocycles. The van der Waals surface area contributed by atoms with Gasteiger partial charge in [0.05, 0.1) is 17.2 Å². The first-order valence-electron chi connectivity index (χ1n) is 8.93. The van der Waals surface area contributed by atoms with Gasteiger partial charge in [0.25, 0.3) is 17.2 Å². The van der Waals surface area contributed by atoms with Crippen molar-refractivity contribution < 1.29 is 18.3 Å². The molecule has 0 aliphatic carbocycles. The summed E-state index contributed by atoms with van der Waals surface area (Å²) in [5.74, 6) is -0.201. The molecule has 1 aromatic carbocycles. The lowest BCUT2D eigenvalue weighted by Crippen LogP contribution is -2.18. The Balaban J connectivity index is 1.79. The normalized spacial score (nSPS) is 11.1. The molecule has 0 unspecified atom stereocenters. The third-order valence-electron chi connectivity index (χ3n) is 3.94. The minimum atomic E-state index is -0.491. The molecule has 0 N–H and O–H groups in total. The number of nitrogens with zero attached hydrogens (tertiary/aromatic N) is 5. The van der Waals surface area contributed by atoms with Crippen molar-refractivity contribution in [1.29, 1.82) is 0 Å². The van der Waals surface area contributed by atoms with E-state index in [2.05, 4.69) is 20.1 Å². The van der Waals surface area contributed by atoms with Crippen LogP contribution in [0.25, 0.3) is 22.7 Å². The molecule has 4 aromatic rings. The SMILES string of the molecule is CCCOc1nc(Oc2ccc(=O)n(C)n2)nc2oc(-c3cc(F)ccc3Cl)nc12. The summed E-state index contributed by atoms with van der Waals surface area (Å²) in [5, 5.41) is 4.23. The summed E-state index contributed by atoms with van der Waals surface area (Å²) in [6.07, 6.45) is 0.727. The van der Waals surface area contributed by atoms with E-state index in [0.29, 0.717) is 6.61 Å². The van der Waals surface area contributed by atoms with E-state index in [1.165, 1.54) is 37.4 Å². The maximum absolute atomic E-state index is 13.7. The van der Waals surface area contributed by atoms with Gasteiger partial charge in [-0.05, 0) is 24.6 Å². The van der Waals surface area contributed by atoms with Crippen LogP contribution in [0.1, 0.15) is 13.3 Å². The smallest absolute Gasteiger partial charge is 0.330 e. The molecule has 0 saturated carbocycles. The molecular formula is C19H15ClFN5O4. The second-order valence-electron chi connectivity index (χ2n) is 6.19. The van der Waals surface area contributed by atoms with E-state index in [9.17, 15) is 9.18 Å². The Labute approximate surface area is 174 Å². The van der Waals surface area contributed by atoms with Gasteiger partial charge in [-0.3, -0.25) is 4.79 Å². The van der Waals surface area contributed by atoms with Crippen molar-refractivity contribution in [1.82, 2.24) is 24.7 Å². The Bertz CT molecular complexity index is 1290. The lowest BCUT2D eigenvalue weighted by Gasteiger charge is -2.06. The lowest BCUT2D eigenvalue weighted by atomic mass is 10.2. The summed E-state index contributed by atoms with van der Waals surface area (Å²) in [7, 11) is 1.49. The van der Waals surface area contributed by atoms with E-state index in [0.717, 1.165) is 11.1 Å². The highest BCUT2D eigenvalue weighted by molar-refractivity contribution is 6.33. The van der Waals surface area contributed by atoms with Gasteiger partial charge in [0, 0.05) is 19.2 Å². The average Bonchev–Trinajstić information content (AvgIpc) is 3.15. The van der Waals surface area contributed by atoms with Crippen molar-refractivity contribution in [2.75, 3.05) is 6.61 Å². The largest absolute Gasteiger partial charge is 0.476 e. The van der Waals surface area contributed by atoms with Gasteiger partial charge in [0.1, 0.15) is 5.82 Å². The second-order valence-corrected chi connectivity index (χ2v) is 6.60. The van der Waals surface area contributed by atoms with Crippen LogP contribution >= 0.6 is 11.6 Å². The van der Waals surface area contributed by atoms with Gasteiger partial charge in [-0.2, -0.15) is 9.97 Å². The van der Waals surface area contributed by atoms with Crippen molar-refractivity contribution in [3.8, 4) is 29.2 Å². The van der Waals surface area contributed by atoms with Crippen LogP contribution in [-0.2, 0) is 7.05 Å². The number of aromatic nitrogens is 5. The molecule has 0 amide bonds. The van der Waals surface area contributed by atoms with Crippen molar-refractivity contribution in [2.45, 2.75) is 13.3 Å². The van der Waals surface area contributed by atoms with E-state index in [-0.39, 0.29) is 51.0 Å². The van der Waals surface area contributed by atoms with Crippen molar-refractivity contribution in [3.63, 3.8) is 0 Å². The monoisotopic (exact) mass is 431 g/mol. The fraction of sp³-hybridized carbons (Fsp3) is 0.211. The van der Waals surface area contributed by atoms with E-state index >= 15 is 0 Å². The zero-order chi connectivity index (χ0) is 21.3. The third-order valence-corrected chi connectivity index (χ3v) is 4.27. The van der Waals surface area contributed by atoms with E-state index < -0.39 is 5.82 Å². The number of hydrogen-bond donors (Lipinski definition) is 0. The predicted molar refractivity (Wildman–Crippen MR) is 105 cm³/mol. The topological polar surface area (TPSA) is 105 Å². The maximum atomic E-state index is 13.7. The van der Waals surface area contributed by atoms with E-state index in [4.69, 9.17) is 25.5 Å². The number of benzene rings is 1.